The molecule has 88 valence electrons. The SMILES string of the molecule is Cc1cc(C(C)(C)CNC(=O)Cl)ccc1F. The number of benzene rings is 1. The standard InChI is InChI=1S/C12H15ClFNO/c1-8-6-9(4-5-10(8)14)12(2,3)7-15-11(13)16/h4-6H,7H2,1-3H3,(H,15,16). The molecule has 0 spiro atoms. The minimum absolute atomic E-state index is 0.221. The van der Waals surface area contributed by atoms with Crippen molar-refractivity contribution in [2.24, 2.45) is 0 Å². The Morgan fingerprint density at radius 2 is 2.12 bits per heavy atom. The van der Waals surface area contributed by atoms with Gasteiger partial charge in [0.25, 0.3) is 0 Å². The van der Waals surface area contributed by atoms with Crippen LogP contribution in [-0.2, 0) is 5.41 Å². The quantitative estimate of drug-likeness (QED) is 0.640. The van der Waals surface area contributed by atoms with Crippen LogP contribution in [-0.4, -0.2) is 11.9 Å². The fourth-order valence-corrected chi connectivity index (χ4v) is 1.52. The molecule has 0 aliphatic rings. The number of hydrogen-bond acceptors (Lipinski definition) is 1. The molecule has 0 saturated carbocycles. The minimum atomic E-state index is -0.577. The number of halogens is 2. The van der Waals surface area contributed by atoms with Gasteiger partial charge in [0.15, 0.2) is 0 Å². The van der Waals surface area contributed by atoms with Crippen molar-refractivity contribution in [3.05, 3.63) is 35.1 Å². The van der Waals surface area contributed by atoms with Crippen molar-refractivity contribution >= 4 is 17.0 Å². The summed E-state index contributed by atoms with van der Waals surface area (Å²) >= 11 is 5.22. The number of rotatable bonds is 3. The largest absolute Gasteiger partial charge is 0.342 e. The Morgan fingerprint density at radius 1 is 1.50 bits per heavy atom. The molecule has 0 heterocycles. The third-order valence-corrected chi connectivity index (χ3v) is 2.74. The van der Waals surface area contributed by atoms with E-state index in [9.17, 15) is 9.18 Å². The minimum Gasteiger partial charge on any atom is -0.342 e. The number of nitrogens with one attached hydrogen (secondary N) is 1. The highest BCUT2D eigenvalue weighted by molar-refractivity contribution is 6.62. The van der Waals surface area contributed by atoms with Crippen molar-refractivity contribution < 1.29 is 9.18 Å². The molecule has 0 aromatic heterocycles. The monoisotopic (exact) mass is 243 g/mol. The first-order valence-corrected chi connectivity index (χ1v) is 5.41. The van der Waals surface area contributed by atoms with E-state index in [0.29, 0.717) is 12.1 Å². The van der Waals surface area contributed by atoms with E-state index in [4.69, 9.17) is 11.6 Å². The average molecular weight is 244 g/mol. The molecule has 1 rings (SSSR count). The van der Waals surface area contributed by atoms with E-state index < -0.39 is 5.37 Å². The van der Waals surface area contributed by atoms with E-state index in [1.54, 1.807) is 19.1 Å². The lowest BCUT2D eigenvalue weighted by molar-refractivity contribution is 0.257. The summed E-state index contributed by atoms with van der Waals surface area (Å²) in [7, 11) is 0. The molecule has 1 aromatic carbocycles. The summed E-state index contributed by atoms with van der Waals surface area (Å²) in [5.41, 5.74) is 1.29. The smallest absolute Gasteiger partial charge is 0.313 e. The molecule has 0 bridgehead atoms. The summed E-state index contributed by atoms with van der Waals surface area (Å²) in [6.07, 6.45) is 0. The van der Waals surface area contributed by atoms with Gasteiger partial charge in [-0.3, -0.25) is 4.79 Å². The molecule has 16 heavy (non-hydrogen) atoms. The first-order valence-electron chi connectivity index (χ1n) is 5.03. The molecule has 2 nitrogen and oxygen atoms in total. The first kappa shape index (κ1) is 13.0. The molecular weight excluding hydrogens is 229 g/mol. The Bertz CT molecular complexity index is 404. The van der Waals surface area contributed by atoms with E-state index in [2.05, 4.69) is 5.32 Å². The van der Waals surface area contributed by atoms with E-state index >= 15 is 0 Å². The zero-order valence-electron chi connectivity index (χ0n) is 9.60. The Balaban J connectivity index is 2.88. The summed E-state index contributed by atoms with van der Waals surface area (Å²) < 4.78 is 13.1. The predicted molar refractivity (Wildman–Crippen MR) is 63.4 cm³/mol. The van der Waals surface area contributed by atoms with Gasteiger partial charge in [0, 0.05) is 12.0 Å². The number of carbonyl (C=O) groups excluding carboxylic acids is 1. The second kappa shape index (κ2) is 4.83. The van der Waals surface area contributed by atoms with Crippen LogP contribution in [0.25, 0.3) is 0 Å². The summed E-state index contributed by atoms with van der Waals surface area (Å²) in [4.78, 5) is 10.6. The zero-order valence-corrected chi connectivity index (χ0v) is 10.4. The lowest BCUT2D eigenvalue weighted by Gasteiger charge is -2.25. The highest BCUT2D eigenvalue weighted by atomic mass is 35.5. The molecule has 4 heteroatoms. The average Bonchev–Trinajstić information content (AvgIpc) is 2.19. The van der Waals surface area contributed by atoms with Gasteiger partial charge in [-0.25, -0.2) is 4.39 Å². The molecule has 0 aliphatic carbocycles. The molecule has 0 radical (unpaired) electrons. The zero-order chi connectivity index (χ0) is 12.3. The molecule has 1 amide bonds. The van der Waals surface area contributed by atoms with Crippen LogP contribution >= 0.6 is 11.6 Å². The van der Waals surface area contributed by atoms with Crippen molar-refractivity contribution in [2.45, 2.75) is 26.2 Å². The Hall–Kier alpha value is -1.09. The third-order valence-electron chi connectivity index (χ3n) is 2.61. The number of carbonyl (C=O) groups is 1. The molecule has 0 unspecified atom stereocenters. The van der Waals surface area contributed by atoms with Crippen LogP contribution < -0.4 is 5.32 Å². The fourth-order valence-electron chi connectivity index (χ4n) is 1.46. The molecule has 0 aliphatic heterocycles. The molecular formula is C12H15ClFNO. The van der Waals surface area contributed by atoms with Crippen LogP contribution in [0.3, 0.4) is 0 Å². The second-order valence-corrected chi connectivity index (χ2v) is 4.82. The normalized spacial score (nSPS) is 11.3. The van der Waals surface area contributed by atoms with Gasteiger partial charge in [-0.15, -0.1) is 0 Å². The first-order chi connectivity index (χ1) is 7.33. The Labute approximate surface area is 99.8 Å². The molecule has 0 saturated heterocycles. The summed E-state index contributed by atoms with van der Waals surface area (Å²) in [5, 5.41) is 1.97. The van der Waals surface area contributed by atoms with Crippen LogP contribution in [0.5, 0.6) is 0 Å². The van der Waals surface area contributed by atoms with E-state index in [1.807, 2.05) is 13.8 Å². The van der Waals surface area contributed by atoms with Gasteiger partial charge in [0.2, 0.25) is 0 Å². The lowest BCUT2D eigenvalue weighted by atomic mass is 9.84. The fraction of sp³-hybridized carbons (Fsp3) is 0.417. The van der Waals surface area contributed by atoms with Gasteiger partial charge in [0.1, 0.15) is 5.82 Å². The summed E-state index contributed by atoms with van der Waals surface area (Å²) in [6, 6.07) is 4.95. The Kier molecular flexibility index (Phi) is 3.92. The van der Waals surface area contributed by atoms with Gasteiger partial charge in [0.05, 0.1) is 0 Å². The van der Waals surface area contributed by atoms with Gasteiger partial charge >= 0.3 is 5.37 Å². The van der Waals surface area contributed by atoms with Gasteiger partial charge in [-0.1, -0.05) is 26.0 Å². The van der Waals surface area contributed by atoms with Crippen LogP contribution in [0.2, 0.25) is 0 Å². The molecule has 0 fully saturated rings. The topological polar surface area (TPSA) is 29.1 Å². The highest BCUT2D eigenvalue weighted by Gasteiger charge is 2.21. The van der Waals surface area contributed by atoms with Crippen molar-refractivity contribution in [2.75, 3.05) is 6.54 Å². The number of aryl methyl sites for hydroxylation is 1. The van der Waals surface area contributed by atoms with E-state index in [0.717, 1.165) is 5.56 Å². The van der Waals surface area contributed by atoms with Crippen LogP contribution in [0.4, 0.5) is 9.18 Å². The molecule has 1 aromatic rings. The van der Waals surface area contributed by atoms with Crippen molar-refractivity contribution in [3.63, 3.8) is 0 Å². The van der Waals surface area contributed by atoms with Crippen molar-refractivity contribution in [1.29, 1.82) is 0 Å². The second-order valence-electron chi connectivity index (χ2n) is 4.48. The van der Waals surface area contributed by atoms with Gasteiger partial charge in [-0.05, 0) is 35.7 Å². The summed E-state index contributed by atoms with van der Waals surface area (Å²) in [6.45, 7) is 6.06. The van der Waals surface area contributed by atoms with Crippen LogP contribution in [0, 0.1) is 12.7 Å². The van der Waals surface area contributed by atoms with Crippen molar-refractivity contribution in [3.8, 4) is 0 Å². The van der Waals surface area contributed by atoms with Crippen LogP contribution in [0.1, 0.15) is 25.0 Å². The van der Waals surface area contributed by atoms with Crippen molar-refractivity contribution in [1.82, 2.24) is 5.32 Å². The maximum absolute atomic E-state index is 13.1. The van der Waals surface area contributed by atoms with E-state index in [-0.39, 0.29) is 11.2 Å². The maximum Gasteiger partial charge on any atom is 0.313 e. The number of amides is 1. The molecule has 0 atom stereocenters. The third kappa shape index (κ3) is 3.20. The predicted octanol–water partition coefficient (Wildman–Crippen LogP) is 3.36. The molecule has 1 N–H and O–H groups in total. The number of hydrogen-bond donors (Lipinski definition) is 1. The van der Waals surface area contributed by atoms with Gasteiger partial charge < -0.3 is 5.32 Å². The highest BCUT2D eigenvalue weighted by Crippen LogP contribution is 2.24. The van der Waals surface area contributed by atoms with E-state index in [1.165, 1.54) is 6.07 Å². The summed E-state index contributed by atoms with van der Waals surface area (Å²) in [5.74, 6) is -0.221. The maximum atomic E-state index is 13.1. The Morgan fingerprint density at radius 3 is 2.62 bits per heavy atom. The van der Waals surface area contributed by atoms with Crippen LogP contribution in [0.15, 0.2) is 18.2 Å². The van der Waals surface area contributed by atoms with Gasteiger partial charge in [-0.2, -0.15) is 0 Å². The lowest BCUT2D eigenvalue weighted by Crippen LogP contribution is -2.34.